The minimum absolute atomic E-state index is 0.0733. The first-order valence-electron chi connectivity index (χ1n) is 4.92. The SMILES string of the molecule is CCCC(=O)NCCNCCC(N)=O. The molecule has 0 aromatic rings. The van der Waals surface area contributed by atoms with E-state index in [9.17, 15) is 9.59 Å². The third-order valence-corrected chi connectivity index (χ3v) is 1.65. The quantitative estimate of drug-likeness (QED) is 0.457. The molecule has 0 saturated heterocycles. The first-order valence-corrected chi connectivity index (χ1v) is 4.92. The monoisotopic (exact) mass is 201 g/mol. The fourth-order valence-corrected chi connectivity index (χ4v) is 0.942. The number of hydrogen-bond donors (Lipinski definition) is 3. The molecule has 0 spiro atoms. The number of hydrogen-bond acceptors (Lipinski definition) is 3. The Morgan fingerprint density at radius 3 is 2.43 bits per heavy atom. The van der Waals surface area contributed by atoms with E-state index in [2.05, 4.69) is 10.6 Å². The van der Waals surface area contributed by atoms with Gasteiger partial charge >= 0.3 is 0 Å². The van der Waals surface area contributed by atoms with Crippen molar-refractivity contribution in [1.82, 2.24) is 10.6 Å². The van der Waals surface area contributed by atoms with Crippen LogP contribution in [-0.4, -0.2) is 31.4 Å². The Labute approximate surface area is 84.4 Å². The number of nitrogens with one attached hydrogen (secondary N) is 2. The van der Waals surface area contributed by atoms with Crippen molar-refractivity contribution in [2.75, 3.05) is 19.6 Å². The topological polar surface area (TPSA) is 84.2 Å². The standard InChI is InChI=1S/C9H19N3O2/c1-2-3-9(14)12-7-6-11-5-4-8(10)13/h11H,2-7H2,1H3,(H2,10,13)(H,12,14). The zero-order valence-corrected chi connectivity index (χ0v) is 8.64. The number of amides is 2. The van der Waals surface area contributed by atoms with Crippen LogP contribution in [0.25, 0.3) is 0 Å². The van der Waals surface area contributed by atoms with Crippen LogP contribution in [0.2, 0.25) is 0 Å². The van der Waals surface area contributed by atoms with Crippen molar-refractivity contribution in [2.24, 2.45) is 5.73 Å². The number of carbonyl (C=O) groups is 2. The van der Waals surface area contributed by atoms with E-state index in [1.165, 1.54) is 0 Å². The molecule has 82 valence electrons. The van der Waals surface area contributed by atoms with Gasteiger partial charge in [-0.1, -0.05) is 6.92 Å². The minimum atomic E-state index is -0.312. The molecule has 0 rings (SSSR count). The van der Waals surface area contributed by atoms with Gasteiger partial charge in [-0.2, -0.15) is 0 Å². The van der Waals surface area contributed by atoms with Gasteiger partial charge < -0.3 is 16.4 Å². The van der Waals surface area contributed by atoms with Crippen LogP contribution in [0.15, 0.2) is 0 Å². The fourth-order valence-electron chi connectivity index (χ4n) is 0.942. The van der Waals surface area contributed by atoms with Crippen LogP contribution in [0.3, 0.4) is 0 Å². The second-order valence-electron chi connectivity index (χ2n) is 3.07. The van der Waals surface area contributed by atoms with Gasteiger partial charge in [-0.25, -0.2) is 0 Å². The van der Waals surface area contributed by atoms with E-state index in [0.29, 0.717) is 32.5 Å². The van der Waals surface area contributed by atoms with Crippen molar-refractivity contribution in [2.45, 2.75) is 26.2 Å². The third kappa shape index (κ3) is 8.99. The highest BCUT2D eigenvalue weighted by molar-refractivity contribution is 5.75. The summed E-state index contributed by atoms with van der Waals surface area (Å²) in [5, 5.41) is 5.75. The molecule has 0 saturated carbocycles. The Balaban J connectivity index is 3.13. The number of nitrogens with two attached hydrogens (primary N) is 1. The lowest BCUT2D eigenvalue weighted by molar-refractivity contribution is -0.121. The van der Waals surface area contributed by atoms with Gasteiger partial charge in [0, 0.05) is 32.5 Å². The van der Waals surface area contributed by atoms with Crippen molar-refractivity contribution in [3.63, 3.8) is 0 Å². The van der Waals surface area contributed by atoms with Crippen LogP contribution in [0.5, 0.6) is 0 Å². The maximum atomic E-state index is 11.0. The molecule has 0 aliphatic rings. The normalized spacial score (nSPS) is 9.79. The van der Waals surface area contributed by atoms with Gasteiger partial charge in [-0.15, -0.1) is 0 Å². The number of primary amides is 1. The lowest BCUT2D eigenvalue weighted by atomic mass is 10.3. The lowest BCUT2D eigenvalue weighted by Crippen LogP contribution is -2.32. The van der Waals surface area contributed by atoms with E-state index in [1.807, 2.05) is 6.92 Å². The van der Waals surface area contributed by atoms with E-state index >= 15 is 0 Å². The second kappa shape index (κ2) is 8.50. The summed E-state index contributed by atoms with van der Waals surface area (Å²) in [4.78, 5) is 21.3. The van der Waals surface area contributed by atoms with E-state index in [0.717, 1.165) is 6.42 Å². The summed E-state index contributed by atoms with van der Waals surface area (Å²) in [5.41, 5.74) is 4.95. The molecular formula is C9H19N3O2. The molecule has 0 aliphatic carbocycles. The zero-order valence-electron chi connectivity index (χ0n) is 8.64. The first-order chi connectivity index (χ1) is 6.66. The summed E-state index contributed by atoms with van der Waals surface area (Å²) in [6.45, 7) is 3.80. The van der Waals surface area contributed by atoms with Crippen LogP contribution < -0.4 is 16.4 Å². The molecule has 4 N–H and O–H groups in total. The Hall–Kier alpha value is -1.10. The van der Waals surface area contributed by atoms with E-state index < -0.39 is 0 Å². The highest BCUT2D eigenvalue weighted by atomic mass is 16.1. The summed E-state index contributed by atoms with van der Waals surface area (Å²) in [6, 6.07) is 0. The maximum absolute atomic E-state index is 11.0. The van der Waals surface area contributed by atoms with E-state index in [1.54, 1.807) is 0 Å². The molecular weight excluding hydrogens is 182 g/mol. The van der Waals surface area contributed by atoms with Crippen LogP contribution in [0.1, 0.15) is 26.2 Å². The van der Waals surface area contributed by atoms with Crippen LogP contribution in [-0.2, 0) is 9.59 Å². The number of carbonyl (C=O) groups excluding carboxylic acids is 2. The Morgan fingerprint density at radius 2 is 1.86 bits per heavy atom. The predicted octanol–water partition coefficient (Wildman–Crippen LogP) is -0.632. The molecule has 0 aromatic carbocycles. The number of rotatable bonds is 8. The van der Waals surface area contributed by atoms with Gasteiger partial charge in [0.15, 0.2) is 0 Å². The molecule has 2 amide bonds. The molecule has 0 fully saturated rings. The van der Waals surface area contributed by atoms with Crippen molar-refractivity contribution < 1.29 is 9.59 Å². The largest absolute Gasteiger partial charge is 0.370 e. The second-order valence-corrected chi connectivity index (χ2v) is 3.07. The van der Waals surface area contributed by atoms with Gasteiger partial charge in [0.1, 0.15) is 0 Å². The van der Waals surface area contributed by atoms with Gasteiger partial charge in [0.25, 0.3) is 0 Å². The van der Waals surface area contributed by atoms with Crippen molar-refractivity contribution in [1.29, 1.82) is 0 Å². The van der Waals surface area contributed by atoms with Gasteiger partial charge in [0.05, 0.1) is 0 Å². The highest BCUT2D eigenvalue weighted by Crippen LogP contribution is 1.84. The van der Waals surface area contributed by atoms with E-state index in [4.69, 9.17) is 5.73 Å². The average Bonchev–Trinajstić information content (AvgIpc) is 2.11. The minimum Gasteiger partial charge on any atom is -0.370 e. The van der Waals surface area contributed by atoms with Crippen molar-refractivity contribution in [3.8, 4) is 0 Å². The Morgan fingerprint density at radius 1 is 1.14 bits per heavy atom. The lowest BCUT2D eigenvalue weighted by Gasteiger charge is -2.05. The zero-order chi connectivity index (χ0) is 10.8. The van der Waals surface area contributed by atoms with Crippen molar-refractivity contribution in [3.05, 3.63) is 0 Å². The smallest absolute Gasteiger partial charge is 0.220 e. The molecule has 0 atom stereocenters. The summed E-state index contributed by atoms with van der Waals surface area (Å²) in [5.74, 6) is -0.239. The summed E-state index contributed by atoms with van der Waals surface area (Å²) in [7, 11) is 0. The summed E-state index contributed by atoms with van der Waals surface area (Å²) in [6.07, 6.45) is 1.77. The van der Waals surface area contributed by atoms with E-state index in [-0.39, 0.29) is 11.8 Å². The molecule has 0 bridgehead atoms. The summed E-state index contributed by atoms with van der Waals surface area (Å²) >= 11 is 0. The molecule has 0 aromatic heterocycles. The molecule has 0 heterocycles. The fraction of sp³-hybridized carbons (Fsp3) is 0.778. The molecule has 5 nitrogen and oxygen atoms in total. The van der Waals surface area contributed by atoms with Crippen molar-refractivity contribution >= 4 is 11.8 Å². The highest BCUT2D eigenvalue weighted by Gasteiger charge is 1.97. The van der Waals surface area contributed by atoms with Gasteiger partial charge in [0.2, 0.25) is 11.8 Å². The van der Waals surface area contributed by atoms with Gasteiger partial charge in [-0.3, -0.25) is 9.59 Å². The van der Waals surface area contributed by atoms with Crippen LogP contribution in [0, 0.1) is 0 Å². The molecule has 0 unspecified atom stereocenters. The molecule has 0 aliphatic heterocycles. The third-order valence-electron chi connectivity index (χ3n) is 1.65. The first kappa shape index (κ1) is 12.9. The Kier molecular flexibility index (Phi) is 7.83. The molecule has 5 heteroatoms. The molecule has 0 radical (unpaired) electrons. The summed E-state index contributed by atoms with van der Waals surface area (Å²) < 4.78 is 0. The predicted molar refractivity (Wildman–Crippen MR) is 54.6 cm³/mol. The molecule has 14 heavy (non-hydrogen) atoms. The maximum Gasteiger partial charge on any atom is 0.220 e. The van der Waals surface area contributed by atoms with Crippen LogP contribution in [0.4, 0.5) is 0 Å². The Bertz CT molecular complexity index is 183. The van der Waals surface area contributed by atoms with Crippen LogP contribution >= 0.6 is 0 Å². The van der Waals surface area contributed by atoms with Gasteiger partial charge in [-0.05, 0) is 6.42 Å². The average molecular weight is 201 g/mol.